The standard InChI is InChI=1S/2C19H18BrF3N2O4.CH4/c2*1-29-16-12(17(27)19(21,22)23)7-10(20)8-14(16)25-18(28)24-13-6-9-4-2-3-5-11(9)15(13)26;/h2*2-5,7-8,13,15,17,26-27H,6H2,1H3,(H2,24,25,28);1H4/t13-,15+,17+;13-,15+,17-;/m11./s1. The third-order valence-corrected chi connectivity index (χ3v) is 10.2. The number of aliphatic hydroxyl groups excluding tert-OH is 4. The minimum atomic E-state index is -4.91. The molecule has 0 aromatic heterocycles. The zero-order valence-corrected chi connectivity index (χ0v) is 33.4. The summed E-state index contributed by atoms with van der Waals surface area (Å²) in [6.07, 6.45) is -16.4. The molecule has 0 aliphatic heterocycles. The second-order valence-corrected chi connectivity index (χ2v) is 15.0. The Labute approximate surface area is 351 Å². The average molecular weight is 967 g/mol. The SMILES string of the molecule is C.COc1c(NC(=O)N[C@@H]2Cc3ccccc3[C@@H]2O)cc(Br)cc1[C@@H](O)C(F)(F)F.COc1c(NC(=O)N[C@@H]2Cc3ccccc3[C@@H]2O)cc(Br)cc1[C@H](O)C(F)(F)F. The highest BCUT2D eigenvalue weighted by molar-refractivity contribution is 9.10. The van der Waals surface area contributed by atoms with Crippen molar-refractivity contribution in [3.63, 3.8) is 0 Å². The molecule has 0 bridgehead atoms. The van der Waals surface area contributed by atoms with Crippen LogP contribution in [0.25, 0.3) is 0 Å². The van der Waals surface area contributed by atoms with Crippen molar-refractivity contribution in [1.82, 2.24) is 10.6 Å². The quantitative estimate of drug-likeness (QED) is 0.0812. The molecule has 0 unspecified atom stereocenters. The number of ether oxygens (including phenoxy) is 2. The Morgan fingerprint density at radius 1 is 0.661 bits per heavy atom. The van der Waals surface area contributed by atoms with Crippen molar-refractivity contribution < 1.29 is 65.8 Å². The van der Waals surface area contributed by atoms with Gasteiger partial charge in [-0.15, -0.1) is 0 Å². The molecule has 0 spiro atoms. The van der Waals surface area contributed by atoms with Crippen LogP contribution in [0.15, 0.2) is 81.7 Å². The predicted octanol–water partition coefficient (Wildman–Crippen LogP) is 8.30. The van der Waals surface area contributed by atoms with Crippen molar-refractivity contribution in [2.24, 2.45) is 0 Å². The van der Waals surface area contributed by atoms with E-state index in [9.17, 15) is 56.4 Å². The Balaban J connectivity index is 0.000000256. The number of carbonyl (C=O) groups is 2. The first-order valence-electron chi connectivity index (χ1n) is 17.1. The lowest BCUT2D eigenvalue weighted by atomic mass is 10.1. The minimum Gasteiger partial charge on any atom is -0.494 e. The molecule has 20 heteroatoms. The van der Waals surface area contributed by atoms with Crippen LogP contribution in [0.2, 0.25) is 0 Å². The smallest absolute Gasteiger partial charge is 0.418 e. The minimum absolute atomic E-state index is 0. The average Bonchev–Trinajstić information content (AvgIpc) is 3.64. The number of amides is 4. The molecule has 4 aromatic carbocycles. The summed E-state index contributed by atoms with van der Waals surface area (Å²) in [5, 5.41) is 50.1. The van der Waals surface area contributed by atoms with Gasteiger partial charge in [0.2, 0.25) is 0 Å². The highest BCUT2D eigenvalue weighted by Crippen LogP contribution is 2.44. The van der Waals surface area contributed by atoms with Gasteiger partial charge >= 0.3 is 24.4 Å². The molecular formula is C39H40Br2F6N4O8. The molecule has 4 aromatic rings. The Morgan fingerprint density at radius 3 is 1.31 bits per heavy atom. The van der Waals surface area contributed by atoms with Crippen molar-refractivity contribution in [3.05, 3.63) is 115 Å². The molecule has 4 amide bonds. The summed E-state index contributed by atoms with van der Waals surface area (Å²) in [6, 6.07) is 16.6. The largest absolute Gasteiger partial charge is 0.494 e. The van der Waals surface area contributed by atoms with E-state index >= 15 is 0 Å². The molecule has 2 aliphatic rings. The molecule has 12 nitrogen and oxygen atoms in total. The van der Waals surface area contributed by atoms with Gasteiger partial charge in [-0.1, -0.05) is 87.8 Å². The topological polar surface area (TPSA) is 182 Å². The molecule has 59 heavy (non-hydrogen) atoms. The summed E-state index contributed by atoms with van der Waals surface area (Å²) < 4.78 is 88.3. The molecule has 6 rings (SSSR count). The molecule has 320 valence electrons. The summed E-state index contributed by atoms with van der Waals surface area (Å²) >= 11 is 6.15. The van der Waals surface area contributed by atoms with E-state index in [1.165, 1.54) is 12.1 Å². The Bertz CT molecular complexity index is 2000. The van der Waals surface area contributed by atoms with Crippen molar-refractivity contribution in [3.8, 4) is 11.5 Å². The van der Waals surface area contributed by atoms with Gasteiger partial charge in [-0.25, -0.2) is 9.59 Å². The van der Waals surface area contributed by atoms with Crippen LogP contribution < -0.4 is 30.7 Å². The molecule has 0 heterocycles. The molecule has 0 fully saturated rings. The normalized spacial score (nSPS) is 19.1. The number of benzene rings is 4. The zero-order valence-electron chi connectivity index (χ0n) is 30.3. The molecule has 0 saturated carbocycles. The fourth-order valence-electron chi connectivity index (χ4n) is 6.69. The second kappa shape index (κ2) is 19.2. The van der Waals surface area contributed by atoms with E-state index in [1.807, 2.05) is 24.3 Å². The molecule has 6 atom stereocenters. The van der Waals surface area contributed by atoms with Gasteiger partial charge in [0.1, 0.15) is 11.5 Å². The van der Waals surface area contributed by atoms with Gasteiger partial charge in [-0.05, 0) is 59.4 Å². The van der Waals surface area contributed by atoms with E-state index in [4.69, 9.17) is 9.47 Å². The monoisotopic (exact) mass is 964 g/mol. The molecule has 0 saturated heterocycles. The summed E-state index contributed by atoms with van der Waals surface area (Å²) in [7, 11) is 2.27. The van der Waals surface area contributed by atoms with Crippen LogP contribution in [-0.2, 0) is 12.8 Å². The molecule has 0 radical (unpaired) electrons. The van der Waals surface area contributed by atoms with Gasteiger partial charge < -0.3 is 51.2 Å². The number of methoxy groups -OCH3 is 2. The fraction of sp³-hybridized carbons (Fsp3) is 0.333. The first-order valence-corrected chi connectivity index (χ1v) is 18.7. The lowest BCUT2D eigenvalue weighted by Crippen LogP contribution is -2.40. The van der Waals surface area contributed by atoms with E-state index in [2.05, 4.69) is 53.1 Å². The van der Waals surface area contributed by atoms with Gasteiger partial charge in [0.25, 0.3) is 0 Å². The summed E-state index contributed by atoms with van der Waals surface area (Å²) in [5.41, 5.74) is 2.02. The van der Waals surface area contributed by atoms with Crippen LogP contribution in [0.3, 0.4) is 0 Å². The third-order valence-electron chi connectivity index (χ3n) is 9.30. The number of halogens is 8. The Kier molecular flexibility index (Phi) is 15.3. The van der Waals surface area contributed by atoms with Crippen LogP contribution in [0.4, 0.5) is 47.3 Å². The summed E-state index contributed by atoms with van der Waals surface area (Å²) in [4.78, 5) is 24.9. The Hall–Kier alpha value is -4.60. The van der Waals surface area contributed by atoms with E-state index in [0.717, 1.165) is 37.5 Å². The molecule has 8 N–H and O–H groups in total. The number of carbonyl (C=O) groups excluding carboxylic acids is 2. The number of nitrogens with one attached hydrogen (secondary N) is 4. The molecule has 2 aliphatic carbocycles. The maximum absolute atomic E-state index is 13.0. The lowest BCUT2D eigenvalue weighted by molar-refractivity contribution is -0.207. The summed E-state index contributed by atoms with van der Waals surface area (Å²) in [6.45, 7) is 0. The highest BCUT2D eigenvalue weighted by Gasteiger charge is 2.43. The zero-order chi connectivity index (χ0) is 42.7. The van der Waals surface area contributed by atoms with Crippen LogP contribution in [-0.4, -0.2) is 71.1 Å². The summed E-state index contributed by atoms with van der Waals surface area (Å²) in [5.74, 6) is -0.633. The van der Waals surface area contributed by atoms with Gasteiger partial charge in [-0.3, -0.25) is 0 Å². The Morgan fingerprint density at radius 2 is 1.00 bits per heavy atom. The van der Waals surface area contributed by atoms with Crippen LogP contribution in [0.5, 0.6) is 11.5 Å². The van der Waals surface area contributed by atoms with Gasteiger partial charge in [-0.2, -0.15) is 26.3 Å². The van der Waals surface area contributed by atoms with Crippen LogP contribution in [0.1, 0.15) is 65.2 Å². The van der Waals surface area contributed by atoms with E-state index in [-0.39, 0.29) is 39.2 Å². The number of anilines is 2. The fourth-order valence-corrected chi connectivity index (χ4v) is 7.64. The van der Waals surface area contributed by atoms with E-state index < -0.39 is 72.0 Å². The van der Waals surface area contributed by atoms with Crippen molar-refractivity contribution in [1.29, 1.82) is 0 Å². The number of alkyl halides is 6. The third kappa shape index (κ3) is 11.0. The maximum Gasteiger partial charge on any atom is 0.418 e. The number of hydrogen-bond acceptors (Lipinski definition) is 8. The van der Waals surface area contributed by atoms with E-state index in [1.54, 1.807) is 24.3 Å². The lowest BCUT2D eigenvalue weighted by Gasteiger charge is -2.22. The molecular weight excluding hydrogens is 926 g/mol. The number of hydrogen-bond donors (Lipinski definition) is 8. The van der Waals surface area contributed by atoms with Gasteiger partial charge in [0, 0.05) is 20.1 Å². The first-order chi connectivity index (χ1) is 27.2. The van der Waals surface area contributed by atoms with Gasteiger partial charge in [0.05, 0.1) is 49.9 Å². The van der Waals surface area contributed by atoms with Crippen LogP contribution in [0, 0.1) is 0 Å². The van der Waals surface area contributed by atoms with Crippen LogP contribution >= 0.6 is 31.9 Å². The van der Waals surface area contributed by atoms with Gasteiger partial charge in [0.15, 0.2) is 12.2 Å². The first kappa shape index (κ1) is 47.1. The predicted molar refractivity (Wildman–Crippen MR) is 212 cm³/mol. The number of urea groups is 2. The number of fused-ring (bicyclic) bond motifs is 2. The van der Waals surface area contributed by atoms with Crippen molar-refractivity contribution in [2.45, 2.75) is 69.1 Å². The number of rotatable bonds is 8. The number of aliphatic hydroxyl groups is 4. The van der Waals surface area contributed by atoms with Crippen molar-refractivity contribution in [2.75, 3.05) is 24.9 Å². The van der Waals surface area contributed by atoms with E-state index in [0.29, 0.717) is 24.0 Å². The second-order valence-electron chi connectivity index (χ2n) is 13.1. The van der Waals surface area contributed by atoms with Crippen molar-refractivity contribution >= 4 is 55.3 Å². The highest BCUT2D eigenvalue weighted by atomic mass is 79.9. The maximum atomic E-state index is 13.0.